The summed E-state index contributed by atoms with van der Waals surface area (Å²) in [5.41, 5.74) is 4.54. The summed E-state index contributed by atoms with van der Waals surface area (Å²) in [5, 5.41) is 11.2. The molecular formula is C13H18F3N3O. The van der Waals surface area contributed by atoms with Crippen LogP contribution in [0.4, 0.5) is 18.9 Å². The first kappa shape index (κ1) is 16.1. The van der Waals surface area contributed by atoms with Crippen molar-refractivity contribution in [3.05, 3.63) is 29.3 Å². The van der Waals surface area contributed by atoms with Crippen LogP contribution in [0.25, 0.3) is 0 Å². The number of hydrogen-bond acceptors (Lipinski definition) is 3. The molecular weight excluding hydrogens is 271 g/mol. The van der Waals surface area contributed by atoms with Crippen molar-refractivity contribution in [2.75, 3.05) is 18.0 Å². The third kappa shape index (κ3) is 3.55. The van der Waals surface area contributed by atoms with Crippen LogP contribution >= 0.6 is 0 Å². The predicted molar refractivity (Wildman–Crippen MR) is 72.1 cm³/mol. The van der Waals surface area contributed by atoms with Crippen molar-refractivity contribution in [2.45, 2.75) is 26.4 Å². The van der Waals surface area contributed by atoms with Crippen LogP contribution in [0.3, 0.4) is 0 Å². The van der Waals surface area contributed by atoms with E-state index in [2.05, 4.69) is 5.16 Å². The summed E-state index contributed by atoms with van der Waals surface area (Å²) in [6.07, 6.45) is -3.73. The first-order chi connectivity index (χ1) is 9.35. The van der Waals surface area contributed by atoms with E-state index in [1.807, 2.05) is 18.7 Å². The molecule has 0 saturated heterocycles. The fraction of sp³-hybridized carbons (Fsp3) is 0.462. The highest BCUT2D eigenvalue weighted by Gasteiger charge is 2.35. The number of nitrogens with two attached hydrogens (primary N) is 1. The largest absolute Gasteiger partial charge is 0.417 e. The second-order valence-electron chi connectivity index (χ2n) is 4.29. The maximum Gasteiger partial charge on any atom is 0.417 e. The fourth-order valence-corrected chi connectivity index (χ4v) is 1.98. The Morgan fingerprint density at radius 1 is 1.35 bits per heavy atom. The van der Waals surface area contributed by atoms with Crippen molar-refractivity contribution < 1.29 is 18.4 Å². The van der Waals surface area contributed by atoms with Gasteiger partial charge < -0.3 is 15.8 Å². The van der Waals surface area contributed by atoms with Crippen LogP contribution in [0, 0.1) is 0 Å². The summed E-state index contributed by atoms with van der Waals surface area (Å²) in [6.45, 7) is 5.10. The van der Waals surface area contributed by atoms with Crippen LogP contribution in [0.1, 0.15) is 31.4 Å². The molecule has 3 N–H and O–H groups in total. The summed E-state index contributed by atoms with van der Waals surface area (Å²) in [5.74, 6) is -0.553. The Morgan fingerprint density at radius 3 is 2.45 bits per heavy atom. The van der Waals surface area contributed by atoms with Gasteiger partial charge in [-0.3, -0.25) is 0 Å². The Morgan fingerprint density at radius 2 is 2.00 bits per heavy atom. The Labute approximate surface area is 115 Å². The number of benzene rings is 1. The van der Waals surface area contributed by atoms with E-state index in [9.17, 15) is 13.2 Å². The molecule has 0 bridgehead atoms. The van der Waals surface area contributed by atoms with Gasteiger partial charge >= 0.3 is 6.18 Å². The molecule has 0 unspecified atom stereocenters. The molecule has 7 heteroatoms. The molecule has 0 spiro atoms. The van der Waals surface area contributed by atoms with Crippen LogP contribution in [0.2, 0.25) is 0 Å². The molecule has 0 atom stereocenters. The standard InChI is InChI=1S/C13H18F3N3O/c1-3-7-19(4-2)9-5-6-10(12(17)18-20)11(8-9)13(14,15)16/h5-6,8,20H,3-4,7H2,1-2H3,(H2,17,18). The molecule has 1 aromatic carbocycles. The lowest BCUT2D eigenvalue weighted by Crippen LogP contribution is -2.25. The quantitative estimate of drug-likeness (QED) is 0.379. The van der Waals surface area contributed by atoms with Crippen LogP contribution in [0.5, 0.6) is 0 Å². The lowest BCUT2D eigenvalue weighted by molar-refractivity contribution is -0.137. The molecule has 0 aliphatic carbocycles. The Hall–Kier alpha value is -1.92. The zero-order valence-electron chi connectivity index (χ0n) is 11.4. The number of nitrogens with zero attached hydrogens (tertiary/aromatic N) is 2. The first-order valence-electron chi connectivity index (χ1n) is 6.29. The van der Waals surface area contributed by atoms with Crippen LogP contribution in [-0.2, 0) is 6.18 Å². The van der Waals surface area contributed by atoms with Crippen molar-refractivity contribution >= 4 is 11.5 Å². The number of amidine groups is 1. The lowest BCUT2D eigenvalue weighted by Gasteiger charge is -2.24. The van der Waals surface area contributed by atoms with Gasteiger partial charge in [-0.2, -0.15) is 13.2 Å². The smallest absolute Gasteiger partial charge is 0.409 e. The number of hydrogen-bond donors (Lipinski definition) is 2. The Kier molecular flexibility index (Phi) is 5.24. The van der Waals surface area contributed by atoms with E-state index in [1.54, 1.807) is 6.07 Å². The van der Waals surface area contributed by atoms with Crippen molar-refractivity contribution in [1.82, 2.24) is 0 Å². The van der Waals surface area contributed by atoms with E-state index >= 15 is 0 Å². The second kappa shape index (κ2) is 6.49. The number of rotatable bonds is 5. The topological polar surface area (TPSA) is 61.8 Å². The van der Waals surface area contributed by atoms with Gasteiger partial charge in [0.15, 0.2) is 5.84 Å². The van der Waals surface area contributed by atoms with Crippen LogP contribution < -0.4 is 10.6 Å². The molecule has 0 amide bonds. The minimum atomic E-state index is -4.56. The second-order valence-corrected chi connectivity index (χ2v) is 4.29. The Bertz CT molecular complexity index is 486. The van der Waals surface area contributed by atoms with Gasteiger partial charge in [0.2, 0.25) is 0 Å². The number of oxime groups is 1. The molecule has 0 fully saturated rings. The molecule has 0 radical (unpaired) electrons. The molecule has 0 saturated carbocycles. The lowest BCUT2D eigenvalue weighted by atomic mass is 10.0. The van der Waals surface area contributed by atoms with Crippen molar-refractivity contribution in [3.63, 3.8) is 0 Å². The molecule has 0 aromatic heterocycles. The molecule has 0 aliphatic rings. The summed E-state index contributed by atoms with van der Waals surface area (Å²) in [6, 6.07) is 3.81. The zero-order valence-corrected chi connectivity index (χ0v) is 11.4. The third-order valence-corrected chi connectivity index (χ3v) is 2.93. The molecule has 1 rings (SSSR count). The van der Waals surface area contributed by atoms with E-state index in [1.165, 1.54) is 6.07 Å². The van der Waals surface area contributed by atoms with Crippen molar-refractivity contribution in [2.24, 2.45) is 10.9 Å². The van der Waals surface area contributed by atoms with Gasteiger partial charge in [-0.1, -0.05) is 12.1 Å². The highest BCUT2D eigenvalue weighted by atomic mass is 19.4. The highest BCUT2D eigenvalue weighted by Crippen LogP contribution is 2.34. The molecule has 20 heavy (non-hydrogen) atoms. The van der Waals surface area contributed by atoms with Gasteiger partial charge in [-0.05, 0) is 31.5 Å². The third-order valence-electron chi connectivity index (χ3n) is 2.93. The average Bonchev–Trinajstić information content (AvgIpc) is 2.42. The Balaban J connectivity index is 3.34. The summed E-state index contributed by atoms with van der Waals surface area (Å²) >= 11 is 0. The van der Waals surface area contributed by atoms with E-state index in [4.69, 9.17) is 10.9 Å². The molecule has 0 heterocycles. The van der Waals surface area contributed by atoms with E-state index in [0.717, 1.165) is 12.5 Å². The van der Waals surface area contributed by atoms with Gasteiger partial charge in [-0.15, -0.1) is 0 Å². The summed E-state index contributed by atoms with van der Waals surface area (Å²) in [4.78, 5) is 1.84. The summed E-state index contributed by atoms with van der Waals surface area (Å²) in [7, 11) is 0. The molecule has 1 aromatic rings. The monoisotopic (exact) mass is 289 g/mol. The van der Waals surface area contributed by atoms with Gasteiger partial charge in [0, 0.05) is 24.3 Å². The normalized spacial score (nSPS) is 12.6. The van der Waals surface area contributed by atoms with Gasteiger partial charge in [-0.25, -0.2) is 0 Å². The van der Waals surface area contributed by atoms with Crippen LogP contribution in [-0.4, -0.2) is 24.1 Å². The average molecular weight is 289 g/mol. The van der Waals surface area contributed by atoms with E-state index < -0.39 is 17.6 Å². The zero-order chi connectivity index (χ0) is 15.3. The van der Waals surface area contributed by atoms with Crippen molar-refractivity contribution in [3.8, 4) is 0 Å². The molecule has 4 nitrogen and oxygen atoms in total. The van der Waals surface area contributed by atoms with E-state index in [-0.39, 0.29) is 5.56 Å². The highest BCUT2D eigenvalue weighted by molar-refractivity contribution is 5.99. The minimum absolute atomic E-state index is 0.323. The van der Waals surface area contributed by atoms with Gasteiger partial charge in [0.25, 0.3) is 0 Å². The number of halogens is 3. The van der Waals surface area contributed by atoms with Gasteiger partial charge in [0.05, 0.1) is 5.56 Å². The van der Waals surface area contributed by atoms with Crippen molar-refractivity contribution in [1.29, 1.82) is 0 Å². The van der Waals surface area contributed by atoms with Gasteiger partial charge in [0.1, 0.15) is 0 Å². The summed E-state index contributed by atoms with van der Waals surface area (Å²) < 4.78 is 39.2. The maximum absolute atomic E-state index is 13.1. The number of alkyl halides is 3. The SMILES string of the molecule is CCCN(CC)c1ccc(/C(N)=N/O)c(C(F)(F)F)c1. The van der Waals surface area contributed by atoms with E-state index in [0.29, 0.717) is 18.8 Å². The first-order valence-corrected chi connectivity index (χ1v) is 6.29. The number of anilines is 1. The van der Waals surface area contributed by atoms with Crippen LogP contribution in [0.15, 0.2) is 23.4 Å². The maximum atomic E-state index is 13.1. The predicted octanol–water partition coefficient (Wildman–Crippen LogP) is 3.04. The fourth-order valence-electron chi connectivity index (χ4n) is 1.98. The molecule has 112 valence electrons. The minimum Gasteiger partial charge on any atom is -0.409 e. The molecule has 0 aliphatic heterocycles.